The van der Waals surface area contributed by atoms with Gasteiger partial charge in [-0.05, 0) is 88.2 Å². The first-order chi connectivity index (χ1) is 43.6. The quantitative estimate of drug-likeness (QED) is 0.0915. The zero-order valence-electron chi connectivity index (χ0n) is 51.1. The van der Waals surface area contributed by atoms with Crippen molar-refractivity contribution in [1.29, 1.82) is 0 Å². The molecule has 0 aliphatic carbocycles. The summed E-state index contributed by atoms with van der Waals surface area (Å²) in [6.07, 6.45) is 14.3. The predicted octanol–water partition coefficient (Wildman–Crippen LogP) is 11.6. The number of rotatable bonds is 13. The first kappa shape index (κ1) is 58.1. The maximum absolute atomic E-state index is 14.6. The van der Waals surface area contributed by atoms with Crippen LogP contribution in [0.4, 0.5) is 32.4 Å². The summed E-state index contributed by atoms with van der Waals surface area (Å²) in [6, 6.07) is 18.4. The summed E-state index contributed by atoms with van der Waals surface area (Å²) >= 11 is 0. The van der Waals surface area contributed by atoms with E-state index in [0.29, 0.717) is 67.3 Å². The largest absolute Gasteiger partial charge is 0.493 e. The molecule has 15 rings (SSSR count). The molecule has 12 heterocycles. The van der Waals surface area contributed by atoms with Gasteiger partial charge in [0, 0.05) is 141 Å². The molecular formula is C66H64F2N18O4. The fourth-order valence-corrected chi connectivity index (χ4v) is 12.0. The third-order valence-electron chi connectivity index (χ3n) is 16.3. The first-order valence-corrected chi connectivity index (χ1v) is 29.4. The average Bonchev–Trinajstić information content (AvgIpc) is 1.74. The minimum absolute atomic E-state index is 0.118. The van der Waals surface area contributed by atoms with E-state index in [1.807, 2.05) is 112 Å². The molecule has 0 bridgehead atoms. The molecule has 3 aliphatic heterocycles. The van der Waals surface area contributed by atoms with Crippen LogP contribution in [0.25, 0.3) is 55.4 Å². The van der Waals surface area contributed by atoms with E-state index in [4.69, 9.17) is 40.5 Å². The van der Waals surface area contributed by atoms with E-state index in [-0.39, 0.29) is 29.9 Å². The summed E-state index contributed by atoms with van der Waals surface area (Å²) in [5, 5.41) is 18.8. The minimum Gasteiger partial charge on any atom is -0.493 e. The number of fused-ring (bicyclic) bond motifs is 6. The van der Waals surface area contributed by atoms with Crippen molar-refractivity contribution in [3.8, 4) is 56.8 Å². The Hall–Kier alpha value is -11.0. The predicted molar refractivity (Wildman–Crippen MR) is 337 cm³/mol. The molecule has 0 radical (unpaired) electrons. The van der Waals surface area contributed by atoms with Gasteiger partial charge in [0.2, 0.25) is 29.4 Å². The Morgan fingerprint density at radius 2 is 1.12 bits per heavy atom. The molecule has 90 heavy (non-hydrogen) atoms. The highest BCUT2D eigenvalue weighted by molar-refractivity contribution is 5.81. The fourth-order valence-electron chi connectivity index (χ4n) is 12.0. The summed E-state index contributed by atoms with van der Waals surface area (Å²) in [4.78, 5) is 35.5. The van der Waals surface area contributed by atoms with Gasteiger partial charge in [0.15, 0.2) is 5.65 Å². The van der Waals surface area contributed by atoms with E-state index < -0.39 is 0 Å². The van der Waals surface area contributed by atoms with Gasteiger partial charge in [-0.1, -0.05) is 30.6 Å². The molecule has 3 aliphatic rings. The maximum atomic E-state index is 14.6. The second-order valence-electron chi connectivity index (χ2n) is 22.5. The molecule has 1 atom stereocenters. The monoisotopic (exact) mass is 1210 g/mol. The summed E-state index contributed by atoms with van der Waals surface area (Å²) in [6.45, 7) is 22.3. The van der Waals surface area contributed by atoms with Crippen molar-refractivity contribution in [1.82, 2.24) is 67.7 Å². The number of hydrogen-bond donors (Lipinski definition) is 3. The van der Waals surface area contributed by atoms with Crippen molar-refractivity contribution in [3.05, 3.63) is 189 Å². The summed E-state index contributed by atoms with van der Waals surface area (Å²) in [5.41, 5.74) is 17.8. The summed E-state index contributed by atoms with van der Waals surface area (Å²) in [7, 11) is 5.39. The number of anilines is 3. The van der Waals surface area contributed by atoms with Crippen LogP contribution in [0, 0.1) is 52.8 Å². The van der Waals surface area contributed by atoms with Gasteiger partial charge in [0.05, 0.1) is 72.2 Å². The van der Waals surface area contributed by atoms with Crippen molar-refractivity contribution in [2.24, 2.45) is 14.1 Å². The molecule has 22 nitrogen and oxygen atoms in total. The van der Waals surface area contributed by atoms with Gasteiger partial charge in [-0.25, -0.2) is 38.7 Å². The molecule has 9 aromatic heterocycles. The van der Waals surface area contributed by atoms with Gasteiger partial charge in [-0.2, -0.15) is 10.2 Å². The highest BCUT2D eigenvalue weighted by Gasteiger charge is 2.28. The zero-order chi connectivity index (χ0) is 62.5. The molecule has 3 N–H and O–H groups in total. The van der Waals surface area contributed by atoms with Crippen LogP contribution in [0.15, 0.2) is 104 Å². The lowest BCUT2D eigenvalue weighted by Gasteiger charge is -2.14. The van der Waals surface area contributed by atoms with Crippen LogP contribution in [0.2, 0.25) is 0 Å². The standard InChI is InChI=1S/C23H22FN5O2.C22H20FN7O.C21H22N6O/c1-13-8-21(30-3)25-9-16(13)18-11-27-23(29-12-14(2)28-22(18)29)26-10-17-15-6-7-31-20(15)5-4-19(17)24;1-12-11-31-18-6-5-16(23)14(20(12)18)8-25-22-26-9-15(17-7-13(2)28-29(17)4)21-27-19(24-3)10-30(21)22;1-13-9-18(26(3)25-13)17-11-23-21(27-12-14(2)24-20(17)27)22-10-15-5-4-6-19-16(15)7-8-28-19/h4-5,8-9,11-12H,6-7,10H2,1-3H3,(H,26,27);5-7,9-10,12H,8,11H2,1-2,4H3,(H,25,26);4-6,9,11-12H,7-8,10H2,1-3H3,(H,22,23). The number of hydrogen-bond acceptors (Lipinski definition) is 16. The molecule has 0 saturated carbocycles. The summed E-state index contributed by atoms with van der Waals surface area (Å²) < 4.78 is 60.5. The van der Waals surface area contributed by atoms with E-state index in [1.54, 1.807) is 53.1 Å². The molecule has 12 aromatic rings. The van der Waals surface area contributed by atoms with Crippen molar-refractivity contribution >= 4 is 40.6 Å². The maximum Gasteiger partial charge on any atom is 0.288 e. The number of benzene rings is 3. The average molecular weight is 1210 g/mol. The van der Waals surface area contributed by atoms with Crippen molar-refractivity contribution in [2.75, 3.05) is 42.9 Å². The molecule has 0 fully saturated rings. The highest BCUT2D eigenvalue weighted by Crippen LogP contribution is 2.39. The molecule has 0 spiro atoms. The molecule has 0 amide bonds. The Morgan fingerprint density at radius 1 is 0.589 bits per heavy atom. The van der Waals surface area contributed by atoms with Crippen LogP contribution in [0.1, 0.15) is 74.6 Å². The van der Waals surface area contributed by atoms with Crippen LogP contribution < -0.4 is 34.9 Å². The Bertz CT molecular complexity index is 4800. The lowest BCUT2D eigenvalue weighted by molar-refractivity contribution is 0.337. The SMILES string of the molecule is COc1cc(C)c(-c2cnc(NCc3c(F)ccc4c3CCO4)n3cc(C)nc23)cn1.Cc1cn2c(NCc3cccc4c3CCO4)ncc(-c3cc(C)nn3C)c2n1.[C-]#[N+]c1cn2c(NCc3c(F)ccc4c3C(C)CO4)ncc(-c3cc(C)nn3C)c2n1. The summed E-state index contributed by atoms with van der Waals surface area (Å²) in [5.74, 6) is 4.73. The Labute approximate surface area is 516 Å². The van der Waals surface area contributed by atoms with Crippen LogP contribution in [0.5, 0.6) is 23.1 Å². The van der Waals surface area contributed by atoms with E-state index in [2.05, 4.69) is 63.1 Å². The molecule has 456 valence electrons. The van der Waals surface area contributed by atoms with Gasteiger partial charge in [-0.15, -0.1) is 0 Å². The van der Waals surface area contributed by atoms with Crippen LogP contribution >= 0.6 is 0 Å². The van der Waals surface area contributed by atoms with Crippen LogP contribution in [-0.2, 0) is 46.6 Å². The number of ether oxygens (including phenoxy) is 4. The third-order valence-corrected chi connectivity index (χ3v) is 16.3. The number of halogens is 2. The van der Waals surface area contributed by atoms with Crippen molar-refractivity contribution in [3.63, 3.8) is 0 Å². The molecule has 3 aromatic carbocycles. The Morgan fingerprint density at radius 3 is 1.72 bits per heavy atom. The van der Waals surface area contributed by atoms with E-state index >= 15 is 0 Å². The number of aryl methyl sites for hydroxylation is 7. The Balaban J connectivity index is 0.000000124. The zero-order valence-corrected chi connectivity index (χ0v) is 51.1. The lowest BCUT2D eigenvalue weighted by atomic mass is 9.97. The number of methoxy groups -OCH3 is 1. The second-order valence-corrected chi connectivity index (χ2v) is 22.5. The van der Waals surface area contributed by atoms with Crippen LogP contribution in [0.3, 0.4) is 0 Å². The van der Waals surface area contributed by atoms with Gasteiger partial charge in [0.25, 0.3) is 5.82 Å². The van der Waals surface area contributed by atoms with E-state index in [1.165, 1.54) is 23.3 Å². The van der Waals surface area contributed by atoms with Crippen LogP contribution in [-0.4, -0.2) is 94.6 Å². The van der Waals surface area contributed by atoms with Gasteiger partial charge in [0.1, 0.15) is 34.5 Å². The highest BCUT2D eigenvalue weighted by atomic mass is 19.1. The number of imidazole rings is 3. The Kier molecular flexibility index (Phi) is 15.5. The van der Waals surface area contributed by atoms with Gasteiger partial charge in [-0.3, -0.25) is 22.6 Å². The normalized spacial score (nSPS) is 13.6. The van der Waals surface area contributed by atoms with Crippen molar-refractivity contribution in [2.45, 2.75) is 79.9 Å². The third kappa shape index (κ3) is 11.0. The van der Waals surface area contributed by atoms with E-state index in [0.717, 1.165) is 121 Å². The molecule has 1 unspecified atom stereocenters. The number of pyridine rings is 1. The topological polar surface area (TPSA) is 216 Å². The lowest BCUT2D eigenvalue weighted by Crippen LogP contribution is -2.10. The van der Waals surface area contributed by atoms with E-state index in [9.17, 15) is 8.78 Å². The minimum atomic E-state index is -0.283. The fraction of sp³-hybridized carbons (Fsp3) is 0.273. The smallest absolute Gasteiger partial charge is 0.288 e. The second kappa shape index (κ2) is 24.0. The van der Waals surface area contributed by atoms with Crippen molar-refractivity contribution < 1.29 is 27.7 Å². The molecular weight excluding hydrogens is 1150 g/mol. The number of nitrogens with zero attached hydrogens (tertiary/aromatic N) is 15. The number of nitrogens with one attached hydrogen (secondary N) is 3. The van der Waals surface area contributed by atoms with Gasteiger partial charge < -0.3 is 39.7 Å². The van der Waals surface area contributed by atoms with Gasteiger partial charge >= 0.3 is 0 Å². The molecule has 24 heteroatoms. The first-order valence-electron chi connectivity index (χ1n) is 29.4. The number of aromatic nitrogens is 14. The molecule has 0 saturated heterocycles.